The van der Waals surface area contributed by atoms with Gasteiger partial charge in [0.1, 0.15) is 0 Å². The van der Waals surface area contributed by atoms with Crippen LogP contribution in [0.5, 0.6) is 0 Å². The quantitative estimate of drug-likeness (QED) is 0.829. The van der Waals surface area contributed by atoms with Crippen molar-refractivity contribution < 1.29 is 9.53 Å². The molecule has 0 radical (unpaired) electrons. The smallest absolute Gasteiger partial charge is 0.224 e. The van der Waals surface area contributed by atoms with E-state index in [4.69, 9.17) is 10.00 Å². The van der Waals surface area contributed by atoms with E-state index in [0.717, 1.165) is 5.56 Å². The van der Waals surface area contributed by atoms with Gasteiger partial charge in [-0.1, -0.05) is 26.0 Å². The fraction of sp³-hybridized carbons (Fsp3) is 0.500. The fourth-order valence-electron chi connectivity index (χ4n) is 1.79. The molecule has 0 heterocycles. The second-order valence-corrected chi connectivity index (χ2v) is 5.06. The second-order valence-electron chi connectivity index (χ2n) is 5.06. The number of nitrogens with zero attached hydrogens (tertiary/aromatic N) is 1. The first-order valence-electron chi connectivity index (χ1n) is 6.93. The van der Waals surface area contributed by atoms with Crippen molar-refractivity contribution in [2.45, 2.75) is 33.2 Å². The van der Waals surface area contributed by atoms with Crippen molar-refractivity contribution in [3.63, 3.8) is 0 Å². The van der Waals surface area contributed by atoms with Gasteiger partial charge in [0.2, 0.25) is 5.91 Å². The molecule has 1 rings (SSSR count). The summed E-state index contributed by atoms with van der Waals surface area (Å²) in [6, 6.07) is 9.16. The summed E-state index contributed by atoms with van der Waals surface area (Å²) in [4.78, 5) is 12.0. The first-order valence-corrected chi connectivity index (χ1v) is 6.93. The van der Waals surface area contributed by atoms with E-state index in [1.807, 2.05) is 19.1 Å². The molecule has 20 heavy (non-hydrogen) atoms. The molecular weight excluding hydrogens is 252 g/mol. The predicted octanol–water partition coefficient (Wildman–Crippen LogP) is 2.28. The summed E-state index contributed by atoms with van der Waals surface area (Å²) in [6.45, 7) is 7.25. The number of carbonyl (C=O) groups is 1. The molecule has 0 fully saturated rings. The molecule has 1 aromatic rings. The van der Waals surface area contributed by atoms with Crippen molar-refractivity contribution in [1.29, 1.82) is 5.26 Å². The summed E-state index contributed by atoms with van der Waals surface area (Å²) in [7, 11) is 0. The van der Waals surface area contributed by atoms with Crippen LogP contribution in [-0.4, -0.2) is 25.2 Å². The van der Waals surface area contributed by atoms with Crippen LogP contribution in [-0.2, 0) is 16.0 Å². The molecule has 108 valence electrons. The number of nitrogens with one attached hydrogen (secondary N) is 1. The Morgan fingerprint density at radius 1 is 1.35 bits per heavy atom. The third-order valence-electron chi connectivity index (χ3n) is 3.10. The van der Waals surface area contributed by atoms with Gasteiger partial charge in [0.05, 0.1) is 30.7 Å². The zero-order valence-electron chi connectivity index (χ0n) is 12.3. The average molecular weight is 274 g/mol. The number of benzene rings is 1. The molecule has 1 atom stereocenters. The monoisotopic (exact) mass is 274 g/mol. The molecule has 4 heteroatoms. The van der Waals surface area contributed by atoms with E-state index in [1.54, 1.807) is 12.1 Å². The number of carbonyl (C=O) groups excluding carboxylic acids is 1. The highest BCUT2D eigenvalue weighted by molar-refractivity contribution is 5.78. The van der Waals surface area contributed by atoms with Gasteiger partial charge in [0.15, 0.2) is 0 Å². The number of amides is 1. The Morgan fingerprint density at radius 3 is 2.50 bits per heavy atom. The molecule has 1 amide bonds. The van der Waals surface area contributed by atoms with Crippen molar-refractivity contribution >= 4 is 5.91 Å². The van der Waals surface area contributed by atoms with Crippen LogP contribution in [0.25, 0.3) is 0 Å². The molecule has 0 saturated carbocycles. The minimum absolute atomic E-state index is 0.0203. The number of rotatable bonds is 7. The second kappa shape index (κ2) is 8.34. The molecular formula is C16H22N2O2. The van der Waals surface area contributed by atoms with E-state index < -0.39 is 0 Å². The molecule has 1 unspecified atom stereocenters. The Kier molecular flexibility index (Phi) is 6.75. The molecule has 0 aliphatic carbocycles. The Labute approximate surface area is 120 Å². The number of hydrogen-bond donors (Lipinski definition) is 1. The lowest BCUT2D eigenvalue weighted by molar-refractivity contribution is -0.122. The number of hydrogen-bond acceptors (Lipinski definition) is 3. The predicted molar refractivity (Wildman–Crippen MR) is 78.1 cm³/mol. The Balaban J connectivity index is 2.54. The third kappa shape index (κ3) is 5.41. The molecule has 0 aliphatic rings. The van der Waals surface area contributed by atoms with Gasteiger partial charge in [-0.15, -0.1) is 0 Å². The maximum absolute atomic E-state index is 12.0. The highest BCUT2D eigenvalue weighted by Gasteiger charge is 2.16. The maximum Gasteiger partial charge on any atom is 0.224 e. The van der Waals surface area contributed by atoms with Crippen LogP contribution in [0.15, 0.2) is 24.3 Å². The SMILES string of the molecule is CCOCC(NC(=O)Cc1ccc(C#N)cc1)C(C)C. The number of nitriles is 1. The van der Waals surface area contributed by atoms with Crippen molar-refractivity contribution in [2.75, 3.05) is 13.2 Å². The van der Waals surface area contributed by atoms with Crippen LogP contribution >= 0.6 is 0 Å². The van der Waals surface area contributed by atoms with Crippen LogP contribution < -0.4 is 5.32 Å². The maximum atomic E-state index is 12.0. The molecule has 1 N–H and O–H groups in total. The molecule has 0 saturated heterocycles. The van der Waals surface area contributed by atoms with Gasteiger partial charge >= 0.3 is 0 Å². The molecule has 0 bridgehead atoms. The highest BCUT2D eigenvalue weighted by Crippen LogP contribution is 2.06. The average Bonchev–Trinajstić information content (AvgIpc) is 2.44. The van der Waals surface area contributed by atoms with E-state index in [-0.39, 0.29) is 11.9 Å². The van der Waals surface area contributed by atoms with Crippen molar-refractivity contribution in [3.8, 4) is 6.07 Å². The van der Waals surface area contributed by atoms with Gasteiger partial charge in [-0.05, 0) is 30.5 Å². The standard InChI is InChI=1S/C16H22N2O2/c1-4-20-11-15(12(2)3)18-16(19)9-13-5-7-14(10-17)8-6-13/h5-8,12,15H,4,9,11H2,1-3H3,(H,18,19). The van der Waals surface area contributed by atoms with Crippen molar-refractivity contribution in [2.24, 2.45) is 5.92 Å². The molecule has 0 aromatic heterocycles. The first-order chi connectivity index (χ1) is 9.56. The zero-order valence-corrected chi connectivity index (χ0v) is 12.3. The highest BCUT2D eigenvalue weighted by atomic mass is 16.5. The summed E-state index contributed by atoms with van der Waals surface area (Å²) < 4.78 is 5.39. The zero-order chi connectivity index (χ0) is 15.0. The lowest BCUT2D eigenvalue weighted by Gasteiger charge is -2.22. The molecule has 1 aromatic carbocycles. The van der Waals surface area contributed by atoms with E-state index in [9.17, 15) is 4.79 Å². The van der Waals surface area contributed by atoms with Gasteiger partial charge in [-0.2, -0.15) is 5.26 Å². The van der Waals surface area contributed by atoms with Crippen LogP contribution in [0.4, 0.5) is 0 Å². The molecule has 0 spiro atoms. The minimum atomic E-state index is -0.0203. The molecule has 4 nitrogen and oxygen atoms in total. The third-order valence-corrected chi connectivity index (χ3v) is 3.10. The van der Waals surface area contributed by atoms with Gasteiger partial charge in [0, 0.05) is 6.61 Å². The van der Waals surface area contributed by atoms with Gasteiger partial charge in [-0.25, -0.2) is 0 Å². The topological polar surface area (TPSA) is 62.1 Å². The van der Waals surface area contributed by atoms with Gasteiger partial charge in [-0.3, -0.25) is 4.79 Å². The van der Waals surface area contributed by atoms with E-state index in [0.29, 0.717) is 31.1 Å². The summed E-state index contributed by atoms with van der Waals surface area (Å²) in [5.74, 6) is 0.305. The van der Waals surface area contributed by atoms with Crippen LogP contribution in [0.2, 0.25) is 0 Å². The summed E-state index contributed by atoms with van der Waals surface area (Å²) >= 11 is 0. The Bertz CT molecular complexity index is 460. The van der Waals surface area contributed by atoms with Crippen molar-refractivity contribution in [3.05, 3.63) is 35.4 Å². The Hall–Kier alpha value is -1.86. The molecule has 0 aliphatic heterocycles. The normalized spacial score (nSPS) is 11.9. The van der Waals surface area contributed by atoms with Crippen LogP contribution in [0.1, 0.15) is 31.9 Å². The summed E-state index contributed by atoms with van der Waals surface area (Å²) in [5, 5.41) is 11.7. The van der Waals surface area contributed by atoms with Crippen molar-refractivity contribution in [1.82, 2.24) is 5.32 Å². The van der Waals surface area contributed by atoms with Gasteiger partial charge in [0.25, 0.3) is 0 Å². The van der Waals surface area contributed by atoms with E-state index >= 15 is 0 Å². The Morgan fingerprint density at radius 2 is 2.00 bits per heavy atom. The van der Waals surface area contributed by atoms with E-state index in [1.165, 1.54) is 0 Å². The number of ether oxygens (including phenoxy) is 1. The summed E-state index contributed by atoms with van der Waals surface area (Å²) in [6.07, 6.45) is 0.320. The fourth-order valence-corrected chi connectivity index (χ4v) is 1.79. The minimum Gasteiger partial charge on any atom is -0.380 e. The summed E-state index contributed by atoms with van der Waals surface area (Å²) in [5.41, 5.74) is 1.51. The lowest BCUT2D eigenvalue weighted by atomic mass is 10.0. The van der Waals surface area contributed by atoms with E-state index in [2.05, 4.69) is 25.2 Å². The van der Waals surface area contributed by atoms with Gasteiger partial charge < -0.3 is 10.1 Å². The van der Waals surface area contributed by atoms with Crippen LogP contribution in [0.3, 0.4) is 0 Å². The largest absolute Gasteiger partial charge is 0.380 e. The first kappa shape index (κ1) is 16.2. The lowest BCUT2D eigenvalue weighted by Crippen LogP contribution is -2.42. The van der Waals surface area contributed by atoms with Crippen LogP contribution in [0, 0.1) is 17.2 Å².